The van der Waals surface area contributed by atoms with Crippen molar-refractivity contribution in [3.05, 3.63) is 33.1 Å². The van der Waals surface area contributed by atoms with Crippen LogP contribution in [-0.4, -0.2) is 102 Å². The average Bonchev–Trinajstić information content (AvgIpc) is 3.05. The number of carbonyl (C=O) groups is 1. The van der Waals surface area contributed by atoms with E-state index in [0.717, 1.165) is 12.3 Å². The first-order valence-corrected chi connectivity index (χ1v) is 12.9. The van der Waals surface area contributed by atoms with Crippen molar-refractivity contribution in [1.29, 1.82) is 0 Å². The fourth-order valence-electron chi connectivity index (χ4n) is 3.32. The van der Waals surface area contributed by atoms with E-state index in [0.29, 0.717) is 4.57 Å². The van der Waals surface area contributed by atoms with E-state index in [1.807, 2.05) is 4.98 Å². The maximum absolute atomic E-state index is 12.0. The smallest absolute Gasteiger partial charge is 0.335 e. The molecule has 1 aromatic heterocycles. The molecule has 2 saturated heterocycles. The summed E-state index contributed by atoms with van der Waals surface area (Å²) in [5.74, 6) is -1.88. The molecule has 3 rings (SSSR count). The summed E-state index contributed by atoms with van der Waals surface area (Å²) >= 11 is 0. The molecule has 0 radical (unpaired) electrons. The molecule has 3 unspecified atom stereocenters. The maximum Gasteiger partial charge on any atom is 0.335 e. The van der Waals surface area contributed by atoms with Crippen LogP contribution in [0.15, 0.2) is 21.9 Å². The van der Waals surface area contributed by atoms with Gasteiger partial charge in [-0.2, -0.15) is 0 Å². The average molecular weight is 578 g/mol. The highest BCUT2D eigenvalue weighted by molar-refractivity contribution is 7.59. The monoisotopic (exact) mass is 578 g/mol. The Morgan fingerprint density at radius 2 is 1.65 bits per heavy atom. The molecule has 210 valence electrons. The second kappa shape index (κ2) is 11.1. The molecule has 0 aromatic carbocycles. The number of aliphatic carboxylic acids is 1. The highest BCUT2D eigenvalue weighted by Crippen LogP contribution is 2.57. The molecule has 0 spiro atoms. The van der Waals surface area contributed by atoms with E-state index in [1.165, 1.54) is 0 Å². The van der Waals surface area contributed by atoms with Crippen LogP contribution in [0.25, 0.3) is 0 Å². The number of nitrogens with one attached hydrogen (secondary N) is 1. The zero-order chi connectivity index (χ0) is 27.9. The fraction of sp³-hybridized carbons (Fsp3) is 0.667. The summed E-state index contributed by atoms with van der Waals surface area (Å²) in [5, 5.41) is 58.1. The summed E-state index contributed by atoms with van der Waals surface area (Å²) in [6, 6.07) is 0.893. The third-order valence-electron chi connectivity index (χ3n) is 5.11. The first kappa shape index (κ1) is 29.7. The van der Waals surface area contributed by atoms with Crippen LogP contribution in [0.5, 0.6) is 0 Å². The molecular weight excluding hydrogens is 558 g/mol. The summed E-state index contributed by atoms with van der Waals surface area (Å²) in [6.45, 7) is -1.16. The number of aromatic nitrogens is 2. The molecule has 2 aliphatic heterocycles. The minimum absolute atomic E-state index is 0.674. The van der Waals surface area contributed by atoms with E-state index in [2.05, 4.69) is 18.1 Å². The maximum atomic E-state index is 12.0. The number of nitrogens with zero attached hydrogens (tertiary/aromatic N) is 1. The number of carboxylic acid groups (broad SMARTS) is 1. The zero-order valence-corrected chi connectivity index (χ0v) is 19.8. The Hall–Kier alpha value is -1.87. The van der Waals surface area contributed by atoms with Gasteiger partial charge >= 0.3 is 11.7 Å². The van der Waals surface area contributed by atoms with Crippen LogP contribution >= 0.6 is 15.6 Å². The lowest BCUT2D eigenvalue weighted by Gasteiger charge is -2.41. The molecule has 37 heavy (non-hydrogen) atoms. The van der Waals surface area contributed by atoms with Crippen molar-refractivity contribution >= 4 is 21.6 Å². The predicted molar refractivity (Wildman–Crippen MR) is 105 cm³/mol. The van der Waals surface area contributed by atoms with Gasteiger partial charge in [0.15, 0.2) is 18.6 Å². The van der Waals surface area contributed by atoms with Crippen molar-refractivity contribution in [2.75, 3.05) is 6.61 Å². The van der Waals surface area contributed by atoms with E-state index in [4.69, 9.17) is 9.84 Å². The van der Waals surface area contributed by atoms with Crippen LogP contribution in [0.2, 0.25) is 0 Å². The summed E-state index contributed by atoms with van der Waals surface area (Å²) in [5.41, 5.74) is -1.82. The van der Waals surface area contributed by atoms with Gasteiger partial charge in [0.2, 0.25) is 0 Å². The summed E-state index contributed by atoms with van der Waals surface area (Å²) in [6.07, 6.45) is -17.7. The number of phosphoric ester groups is 2. The minimum Gasteiger partial charge on any atom is -0.756 e. The van der Waals surface area contributed by atoms with Gasteiger partial charge in [0, 0.05) is 12.3 Å². The number of H-pyrrole nitrogens is 1. The lowest BCUT2D eigenvalue weighted by molar-refractivity contribution is -0.300. The fourth-order valence-corrected chi connectivity index (χ4v) is 5.40. The van der Waals surface area contributed by atoms with Gasteiger partial charge in [0.25, 0.3) is 21.2 Å². The first-order valence-electron chi connectivity index (χ1n) is 9.95. The third-order valence-corrected chi connectivity index (χ3v) is 7.64. The van der Waals surface area contributed by atoms with Crippen LogP contribution in [-0.2, 0) is 36.8 Å². The topological polar surface area (TPSA) is 320 Å². The molecular formula is C15H20N2O18P2-2. The molecule has 2 aliphatic rings. The number of ether oxygens (including phenoxy) is 2. The number of hydrogen-bond donors (Lipinski definition) is 7. The Morgan fingerprint density at radius 1 is 1.00 bits per heavy atom. The number of aromatic amines is 1. The van der Waals surface area contributed by atoms with Crippen LogP contribution in [0.3, 0.4) is 0 Å². The van der Waals surface area contributed by atoms with E-state index in [9.17, 15) is 58.8 Å². The second-order valence-electron chi connectivity index (χ2n) is 7.68. The molecule has 3 heterocycles. The molecule has 0 amide bonds. The van der Waals surface area contributed by atoms with Crippen LogP contribution < -0.4 is 21.0 Å². The van der Waals surface area contributed by atoms with Gasteiger partial charge in [-0.3, -0.25) is 28.0 Å². The van der Waals surface area contributed by atoms with Gasteiger partial charge in [-0.15, -0.1) is 0 Å². The minimum atomic E-state index is -6.04. The van der Waals surface area contributed by atoms with Gasteiger partial charge in [-0.1, -0.05) is 0 Å². The van der Waals surface area contributed by atoms with Crippen LogP contribution in [0.1, 0.15) is 6.23 Å². The van der Waals surface area contributed by atoms with Crippen molar-refractivity contribution in [3.63, 3.8) is 0 Å². The Kier molecular flexibility index (Phi) is 8.89. The zero-order valence-electron chi connectivity index (χ0n) is 18.0. The number of carboxylic acids is 1. The first-order chi connectivity index (χ1) is 17.0. The lowest BCUT2D eigenvalue weighted by Crippen LogP contribution is -2.60. The number of rotatable bonds is 9. The molecule has 0 saturated carbocycles. The van der Waals surface area contributed by atoms with Gasteiger partial charge in [-0.25, -0.2) is 13.9 Å². The van der Waals surface area contributed by atoms with Crippen molar-refractivity contribution in [2.24, 2.45) is 0 Å². The van der Waals surface area contributed by atoms with Crippen molar-refractivity contribution < 1.29 is 77.2 Å². The van der Waals surface area contributed by atoms with Gasteiger partial charge in [0.05, 0.1) is 6.61 Å². The summed E-state index contributed by atoms with van der Waals surface area (Å²) in [7, 11) is -11.9. The van der Waals surface area contributed by atoms with Gasteiger partial charge < -0.3 is 54.4 Å². The molecule has 7 N–H and O–H groups in total. The Bertz CT molecular complexity index is 1200. The second-order valence-corrected chi connectivity index (χ2v) is 10.6. The number of phosphoric acid groups is 2. The van der Waals surface area contributed by atoms with Gasteiger partial charge in [-0.05, 0) is 0 Å². The van der Waals surface area contributed by atoms with Crippen molar-refractivity contribution in [2.45, 2.75) is 55.2 Å². The van der Waals surface area contributed by atoms with Crippen LogP contribution in [0.4, 0.5) is 0 Å². The van der Waals surface area contributed by atoms with E-state index in [-0.39, 0.29) is 0 Å². The predicted octanol–water partition coefficient (Wildman–Crippen LogP) is -5.97. The normalized spacial score (nSPS) is 37.5. The highest BCUT2D eigenvalue weighted by atomic mass is 31.3. The Morgan fingerprint density at radius 3 is 2.24 bits per heavy atom. The number of aliphatic hydroxyl groups is 5. The van der Waals surface area contributed by atoms with E-state index < -0.39 is 94.7 Å². The highest BCUT2D eigenvalue weighted by Gasteiger charge is 2.49. The molecule has 2 fully saturated rings. The molecule has 22 heteroatoms. The quantitative estimate of drug-likeness (QED) is 0.134. The van der Waals surface area contributed by atoms with Crippen LogP contribution in [0, 0.1) is 0 Å². The van der Waals surface area contributed by atoms with E-state index >= 15 is 0 Å². The molecule has 11 atom stereocenters. The van der Waals surface area contributed by atoms with Crippen molar-refractivity contribution in [3.8, 4) is 0 Å². The molecule has 0 aliphatic carbocycles. The molecule has 0 bridgehead atoms. The van der Waals surface area contributed by atoms with E-state index in [1.54, 1.807) is 0 Å². The molecule has 1 aromatic rings. The van der Waals surface area contributed by atoms with Gasteiger partial charge in [0.1, 0.15) is 36.6 Å². The molecule has 20 nitrogen and oxygen atoms in total. The standard InChI is InChI=1S/C15H22N2O18P2/c18-5-1-2-17(15(26)16-5)12-9(22)6(19)4(32-12)3-31-36(27,28)35-37(29,30)34-14-10(23)7(20)8(21)11(33-14)13(24)25/h1-2,4,6-12,14,19-23H,3H2,(H,24,25)(H,27,28)(H,29,30)(H,16,18,26)/p-2/t4-,6-,7+,8+,9-,10-,11+,12-,14?/m1/s1. The summed E-state index contributed by atoms with van der Waals surface area (Å²) < 4.78 is 46.6. The summed E-state index contributed by atoms with van der Waals surface area (Å²) in [4.78, 5) is 59.9. The number of hydrogen-bond acceptors (Lipinski definition) is 17. The lowest BCUT2D eigenvalue weighted by atomic mass is 9.99. The largest absolute Gasteiger partial charge is 0.756 e. The Balaban J connectivity index is 1.63. The Labute approximate surface area is 204 Å². The third kappa shape index (κ3) is 6.77. The SMILES string of the molecule is O=C(O)[C@H]1OC(OP(=O)([O-])OP(=O)([O-])OC[C@H]2O[C@@H](n3ccc(=O)[nH]c3=O)[C@H](O)[C@@H]2O)[C@H](O)[C@@H](O)[C@@H]1O. The van der Waals surface area contributed by atoms with Crippen molar-refractivity contribution in [1.82, 2.24) is 9.55 Å². The number of aliphatic hydroxyl groups excluding tert-OH is 5.